The second-order valence-electron chi connectivity index (χ2n) is 5.53. The van der Waals surface area contributed by atoms with Gasteiger partial charge in [-0.2, -0.15) is 0 Å². The summed E-state index contributed by atoms with van der Waals surface area (Å²) < 4.78 is 6.51. The van der Waals surface area contributed by atoms with E-state index in [0.29, 0.717) is 11.8 Å². The van der Waals surface area contributed by atoms with Crippen molar-refractivity contribution in [3.05, 3.63) is 12.7 Å². The van der Waals surface area contributed by atoms with Crippen molar-refractivity contribution in [2.45, 2.75) is 32.8 Å². The number of nitrogens with zero attached hydrogens (tertiary/aromatic N) is 1. The van der Waals surface area contributed by atoms with E-state index in [1.54, 1.807) is 4.90 Å². The number of carbonyl (C=O) groups is 1. The highest BCUT2D eigenvalue weighted by molar-refractivity contribution is 14.1. The SMILES string of the molecule is C=C[C@@H]1CN(C(=O)OC(C)(C)C)CC[C@@H]1CI. The van der Waals surface area contributed by atoms with Gasteiger partial charge in [0.15, 0.2) is 0 Å². The average Bonchev–Trinajstić information content (AvgIpc) is 2.25. The lowest BCUT2D eigenvalue weighted by Gasteiger charge is -2.37. The third-order valence-electron chi connectivity index (χ3n) is 2.96. The minimum absolute atomic E-state index is 0.198. The Hall–Kier alpha value is -0.260. The fourth-order valence-electron chi connectivity index (χ4n) is 1.98. The normalized spacial score (nSPS) is 25.5. The van der Waals surface area contributed by atoms with Gasteiger partial charge < -0.3 is 9.64 Å². The third kappa shape index (κ3) is 4.48. The Labute approximate surface area is 118 Å². The molecule has 3 nitrogen and oxygen atoms in total. The van der Waals surface area contributed by atoms with E-state index in [-0.39, 0.29) is 6.09 Å². The van der Waals surface area contributed by atoms with Crippen LogP contribution in [0.25, 0.3) is 0 Å². The second-order valence-corrected chi connectivity index (χ2v) is 6.41. The molecule has 1 amide bonds. The summed E-state index contributed by atoms with van der Waals surface area (Å²) >= 11 is 2.41. The molecule has 17 heavy (non-hydrogen) atoms. The van der Waals surface area contributed by atoms with Crippen molar-refractivity contribution in [2.75, 3.05) is 17.5 Å². The monoisotopic (exact) mass is 351 g/mol. The van der Waals surface area contributed by atoms with E-state index >= 15 is 0 Å². The lowest BCUT2D eigenvalue weighted by molar-refractivity contribution is 0.0150. The van der Waals surface area contributed by atoms with E-state index in [2.05, 4.69) is 29.2 Å². The zero-order chi connectivity index (χ0) is 13.1. The van der Waals surface area contributed by atoms with Gasteiger partial charge in [-0.1, -0.05) is 28.7 Å². The Kier molecular flexibility index (Phi) is 5.28. The standard InChI is InChI=1S/C13H22INO2/c1-5-10-9-15(7-6-11(10)8-14)12(16)17-13(2,3)4/h5,10-11H,1,6-9H2,2-4H3/t10-,11-/m1/s1. The smallest absolute Gasteiger partial charge is 0.410 e. The molecule has 1 saturated heterocycles. The molecular weight excluding hydrogens is 329 g/mol. The molecule has 0 radical (unpaired) electrons. The van der Waals surface area contributed by atoms with Gasteiger partial charge in [0.25, 0.3) is 0 Å². The number of piperidine rings is 1. The van der Waals surface area contributed by atoms with Crippen molar-refractivity contribution in [2.24, 2.45) is 11.8 Å². The van der Waals surface area contributed by atoms with Crippen molar-refractivity contribution in [3.63, 3.8) is 0 Å². The van der Waals surface area contributed by atoms with E-state index in [1.165, 1.54) is 0 Å². The zero-order valence-electron chi connectivity index (χ0n) is 10.9. The summed E-state index contributed by atoms with van der Waals surface area (Å²) in [5, 5.41) is 0. The highest BCUT2D eigenvalue weighted by Crippen LogP contribution is 2.27. The Morgan fingerprint density at radius 2 is 2.24 bits per heavy atom. The molecule has 0 N–H and O–H groups in total. The highest BCUT2D eigenvalue weighted by Gasteiger charge is 2.31. The Balaban J connectivity index is 2.57. The van der Waals surface area contributed by atoms with Gasteiger partial charge in [0.1, 0.15) is 5.60 Å². The molecule has 0 spiro atoms. The molecule has 0 aromatic carbocycles. The van der Waals surface area contributed by atoms with Crippen molar-refractivity contribution in [3.8, 4) is 0 Å². The molecule has 4 heteroatoms. The van der Waals surface area contributed by atoms with Crippen LogP contribution in [0.5, 0.6) is 0 Å². The van der Waals surface area contributed by atoms with Crippen molar-refractivity contribution in [1.82, 2.24) is 4.90 Å². The van der Waals surface area contributed by atoms with Gasteiger partial charge in [-0.05, 0) is 39.0 Å². The molecule has 0 bridgehead atoms. The minimum Gasteiger partial charge on any atom is -0.444 e. The first-order valence-corrected chi connectivity index (χ1v) is 7.56. The van der Waals surface area contributed by atoms with Gasteiger partial charge in [0.2, 0.25) is 0 Å². The maximum Gasteiger partial charge on any atom is 0.410 e. The van der Waals surface area contributed by atoms with Gasteiger partial charge >= 0.3 is 6.09 Å². The Bertz CT molecular complexity index is 286. The molecule has 0 saturated carbocycles. The van der Waals surface area contributed by atoms with Crippen LogP contribution in [0.4, 0.5) is 4.79 Å². The van der Waals surface area contributed by atoms with Gasteiger partial charge in [0.05, 0.1) is 0 Å². The number of alkyl halides is 1. The van der Waals surface area contributed by atoms with Crippen LogP contribution in [0.15, 0.2) is 12.7 Å². The van der Waals surface area contributed by atoms with Crippen LogP contribution in [0.2, 0.25) is 0 Å². The third-order valence-corrected chi connectivity index (χ3v) is 4.09. The minimum atomic E-state index is -0.416. The lowest BCUT2D eigenvalue weighted by atomic mass is 9.87. The molecule has 0 aromatic heterocycles. The maximum atomic E-state index is 11.9. The van der Waals surface area contributed by atoms with Crippen LogP contribution >= 0.6 is 22.6 Å². The number of amides is 1. The first kappa shape index (κ1) is 14.8. The molecule has 98 valence electrons. The van der Waals surface area contributed by atoms with Crippen molar-refractivity contribution in [1.29, 1.82) is 0 Å². The molecule has 0 unspecified atom stereocenters. The quantitative estimate of drug-likeness (QED) is 0.433. The van der Waals surface area contributed by atoms with Crippen LogP contribution in [-0.2, 0) is 4.74 Å². The lowest BCUT2D eigenvalue weighted by Crippen LogP contribution is -2.45. The highest BCUT2D eigenvalue weighted by atomic mass is 127. The summed E-state index contributed by atoms with van der Waals surface area (Å²) in [6, 6.07) is 0. The molecule has 1 aliphatic heterocycles. The van der Waals surface area contributed by atoms with E-state index in [1.807, 2.05) is 26.8 Å². The Morgan fingerprint density at radius 1 is 1.59 bits per heavy atom. The van der Waals surface area contributed by atoms with Crippen molar-refractivity contribution < 1.29 is 9.53 Å². The van der Waals surface area contributed by atoms with Crippen LogP contribution in [-0.4, -0.2) is 34.1 Å². The molecule has 1 heterocycles. The summed E-state index contributed by atoms with van der Waals surface area (Å²) in [6.07, 6.45) is 2.81. The number of hydrogen-bond acceptors (Lipinski definition) is 2. The fraction of sp³-hybridized carbons (Fsp3) is 0.769. The molecule has 0 aliphatic carbocycles. The molecule has 2 atom stereocenters. The van der Waals surface area contributed by atoms with Gasteiger partial charge in [-0.15, -0.1) is 6.58 Å². The summed E-state index contributed by atoms with van der Waals surface area (Å²) in [5.41, 5.74) is -0.416. The first-order chi connectivity index (χ1) is 7.87. The number of ether oxygens (including phenoxy) is 1. The van der Waals surface area contributed by atoms with Crippen molar-refractivity contribution >= 4 is 28.7 Å². The topological polar surface area (TPSA) is 29.5 Å². The summed E-state index contributed by atoms with van der Waals surface area (Å²) in [7, 11) is 0. The van der Waals surface area contributed by atoms with Crippen LogP contribution in [0.1, 0.15) is 27.2 Å². The van der Waals surface area contributed by atoms with Gasteiger partial charge in [-0.3, -0.25) is 0 Å². The fourth-order valence-corrected chi connectivity index (χ4v) is 3.08. The molecule has 1 aliphatic rings. The first-order valence-electron chi connectivity index (χ1n) is 6.04. The maximum absolute atomic E-state index is 11.9. The van der Waals surface area contributed by atoms with Crippen LogP contribution in [0, 0.1) is 11.8 Å². The average molecular weight is 351 g/mol. The largest absolute Gasteiger partial charge is 0.444 e. The summed E-state index contributed by atoms with van der Waals surface area (Å²) in [5.74, 6) is 1.04. The van der Waals surface area contributed by atoms with E-state index in [4.69, 9.17) is 4.74 Å². The van der Waals surface area contributed by atoms with Crippen LogP contribution in [0.3, 0.4) is 0 Å². The van der Waals surface area contributed by atoms with Gasteiger partial charge in [-0.25, -0.2) is 4.79 Å². The Morgan fingerprint density at radius 3 is 2.71 bits per heavy atom. The number of likely N-dealkylation sites (tertiary alicyclic amines) is 1. The number of carbonyl (C=O) groups excluding carboxylic acids is 1. The number of rotatable bonds is 2. The second kappa shape index (κ2) is 6.07. The van der Waals surface area contributed by atoms with Crippen LogP contribution < -0.4 is 0 Å². The molecule has 1 rings (SSSR count). The van der Waals surface area contributed by atoms with E-state index in [0.717, 1.165) is 23.9 Å². The molecule has 0 aromatic rings. The van der Waals surface area contributed by atoms with Gasteiger partial charge in [0, 0.05) is 17.5 Å². The number of hydrogen-bond donors (Lipinski definition) is 0. The predicted molar refractivity (Wildman–Crippen MR) is 78.5 cm³/mol. The zero-order valence-corrected chi connectivity index (χ0v) is 13.1. The molecular formula is C13H22INO2. The summed E-state index contributed by atoms with van der Waals surface area (Å²) in [6.45, 7) is 11.1. The summed E-state index contributed by atoms with van der Waals surface area (Å²) in [4.78, 5) is 13.7. The predicted octanol–water partition coefficient (Wildman–Crippen LogP) is 3.48. The number of halogens is 1. The van der Waals surface area contributed by atoms with E-state index in [9.17, 15) is 4.79 Å². The van der Waals surface area contributed by atoms with E-state index < -0.39 is 5.60 Å². The molecule has 1 fully saturated rings.